The Bertz CT molecular complexity index is 1010. The molecule has 0 unspecified atom stereocenters. The number of nitrogens with one attached hydrogen (secondary N) is 2. The molecule has 2 saturated heterocycles. The molecule has 2 aromatic rings. The number of aldehydes is 1. The van der Waals surface area contributed by atoms with Gasteiger partial charge in [-0.25, -0.2) is 0 Å². The third kappa shape index (κ3) is 4.57. The summed E-state index contributed by atoms with van der Waals surface area (Å²) in [5.74, 6) is 3.06. The number of fused-ring (bicyclic) bond motifs is 1. The summed E-state index contributed by atoms with van der Waals surface area (Å²) >= 11 is 0. The van der Waals surface area contributed by atoms with Crippen molar-refractivity contribution in [3.63, 3.8) is 0 Å². The van der Waals surface area contributed by atoms with E-state index in [2.05, 4.69) is 22.6 Å². The van der Waals surface area contributed by atoms with Crippen molar-refractivity contribution in [2.45, 2.75) is 26.2 Å². The highest BCUT2D eigenvalue weighted by Gasteiger charge is 2.51. The molecule has 0 aliphatic carbocycles. The summed E-state index contributed by atoms with van der Waals surface area (Å²) in [6.07, 6.45) is 7.03. The number of ether oxygens (including phenoxy) is 2. The lowest BCUT2D eigenvalue weighted by Gasteiger charge is -2.31. The maximum atomic E-state index is 12.8. The smallest absolute Gasteiger partial charge is 0.236 e. The van der Waals surface area contributed by atoms with E-state index in [1.165, 1.54) is 12.0 Å². The predicted molar refractivity (Wildman–Crippen MR) is 116 cm³/mol. The standard InChI is InChI=1S/C20H23N3O5.C3H4/c1-27-16-10-15-13(8-14(12-24)22-15)9-17(16)28-7-6-23-18(25)11-20(19(23)26)2-4-21-5-3-20;1-3-2/h8-10,12,21-22H,2-7,11H2,1H3;1H,2H3. The van der Waals surface area contributed by atoms with E-state index in [0.717, 1.165) is 30.3 Å². The molecule has 2 aliphatic heterocycles. The molecule has 0 radical (unpaired) electrons. The average Bonchev–Trinajstić information content (AvgIpc) is 3.27. The molecule has 164 valence electrons. The number of amides is 2. The van der Waals surface area contributed by atoms with Crippen molar-refractivity contribution >= 4 is 29.0 Å². The van der Waals surface area contributed by atoms with E-state index < -0.39 is 5.41 Å². The van der Waals surface area contributed by atoms with E-state index >= 15 is 0 Å². The second-order valence-electron chi connectivity index (χ2n) is 7.63. The molecule has 2 fully saturated rings. The second-order valence-corrected chi connectivity index (χ2v) is 7.63. The van der Waals surface area contributed by atoms with Gasteiger partial charge in [-0.3, -0.25) is 19.3 Å². The monoisotopic (exact) mass is 425 g/mol. The van der Waals surface area contributed by atoms with Crippen molar-refractivity contribution in [2.75, 3.05) is 33.4 Å². The van der Waals surface area contributed by atoms with Gasteiger partial charge < -0.3 is 19.8 Å². The summed E-state index contributed by atoms with van der Waals surface area (Å²) < 4.78 is 11.2. The van der Waals surface area contributed by atoms with Crippen LogP contribution >= 0.6 is 0 Å². The molecule has 8 heteroatoms. The molecule has 31 heavy (non-hydrogen) atoms. The Kier molecular flexibility index (Phi) is 6.98. The quantitative estimate of drug-likeness (QED) is 0.418. The van der Waals surface area contributed by atoms with Crippen molar-refractivity contribution in [2.24, 2.45) is 5.41 Å². The fourth-order valence-electron chi connectivity index (χ4n) is 4.13. The Morgan fingerprint density at radius 3 is 2.58 bits per heavy atom. The molecule has 0 saturated carbocycles. The fraction of sp³-hybridized carbons (Fsp3) is 0.435. The minimum atomic E-state index is -0.532. The van der Waals surface area contributed by atoms with Crippen molar-refractivity contribution in [1.29, 1.82) is 0 Å². The van der Waals surface area contributed by atoms with Gasteiger partial charge in [0.2, 0.25) is 11.8 Å². The first-order chi connectivity index (χ1) is 15.0. The molecule has 2 N–H and O–H groups in total. The number of carbonyl (C=O) groups excluding carboxylic acids is 3. The normalized spacial score (nSPS) is 17.3. The zero-order valence-electron chi connectivity index (χ0n) is 17.8. The Balaban J connectivity index is 0.000000858. The maximum Gasteiger partial charge on any atom is 0.236 e. The van der Waals surface area contributed by atoms with Crippen LogP contribution in [0.3, 0.4) is 0 Å². The Labute approximate surface area is 181 Å². The van der Waals surface area contributed by atoms with Crippen molar-refractivity contribution in [1.82, 2.24) is 15.2 Å². The van der Waals surface area contributed by atoms with Crippen LogP contribution in [0.25, 0.3) is 10.9 Å². The molecular weight excluding hydrogens is 398 g/mol. The van der Waals surface area contributed by atoms with Crippen LogP contribution in [0.5, 0.6) is 11.5 Å². The van der Waals surface area contributed by atoms with Gasteiger partial charge in [0.1, 0.15) is 6.61 Å². The average molecular weight is 425 g/mol. The second kappa shape index (κ2) is 9.67. The van der Waals surface area contributed by atoms with Crippen LogP contribution in [0, 0.1) is 17.8 Å². The first-order valence-electron chi connectivity index (χ1n) is 10.2. The summed E-state index contributed by atoms with van der Waals surface area (Å²) in [4.78, 5) is 40.5. The molecular formula is C23H27N3O5. The topological polar surface area (TPSA) is 101 Å². The number of likely N-dealkylation sites (tertiary alicyclic amines) is 1. The molecule has 0 bridgehead atoms. The minimum absolute atomic E-state index is 0.0775. The Hall–Kier alpha value is -3.31. The molecule has 8 nitrogen and oxygen atoms in total. The number of carbonyl (C=O) groups is 3. The number of terminal acetylenes is 1. The third-order valence-corrected chi connectivity index (χ3v) is 5.68. The molecule has 1 spiro atoms. The van der Waals surface area contributed by atoms with Crippen LogP contribution < -0.4 is 14.8 Å². The number of aromatic amines is 1. The summed E-state index contributed by atoms with van der Waals surface area (Å²) in [6, 6.07) is 5.26. The highest BCUT2D eigenvalue weighted by Crippen LogP contribution is 2.40. The van der Waals surface area contributed by atoms with Crippen LogP contribution in [0.1, 0.15) is 36.7 Å². The summed E-state index contributed by atoms with van der Waals surface area (Å²) in [5.41, 5.74) is 0.703. The summed E-state index contributed by atoms with van der Waals surface area (Å²) in [5, 5.41) is 4.06. The summed E-state index contributed by atoms with van der Waals surface area (Å²) in [6.45, 7) is 3.57. The molecule has 2 amide bonds. The largest absolute Gasteiger partial charge is 0.493 e. The number of piperidine rings is 1. The molecule has 2 aliphatic rings. The lowest BCUT2D eigenvalue weighted by atomic mass is 9.77. The van der Waals surface area contributed by atoms with Crippen LogP contribution in [0.2, 0.25) is 0 Å². The molecule has 0 atom stereocenters. The van der Waals surface area contributed by atoms with E-state index in [1.807, 2.05) is 0 Å². The lowest BCUT2D eigenvalue weighted by molar-refractivity contribution is -0.142. The van der Waals surface area contributed by atoms with Gasteiger partial charge >= 0.3 is 0 Å². The zero-order chi connectivity index (χ0) is 22.4. The SMILES string of the molecule is C#CC.COc1cc2[nH]c(C=O)cc2cc1OCCN1C(=O)CC2(CCNCC2)C1=O. The van der Waals surface area contributed by atoms with Crippen molar-refractivity contribution < 1.29 is 23.9 Å². The minimum Gasteiger partial charge on any atom is -0.493 e. The number of methoxy groups -OCH3 is 1. The molecule has 4 rings (SSSR count). The van der Waals surface area contributed by atoms with Crippen LogP contribution in [-0.2, 0) is 9.59 Å². The van der Waals surface area contributed by atoms with E-state index in [-0.39, 0.29) is 25.0 Å². The van der Waals surface area contributed by atoms with E-state index in [1.54, 1.807) is 25.1 Å². The number of hydrogen-bond acceptors (Lipinski definition) is 6. The third-order valence-electron chi connectivity index (χ3n) is 5.68. The van der Waals surface area contributed by atoms with Gasteiger partial charge in [0.05, 0.1) is 24.8 Å². The van der Waals surface area contributed by atoms with Gasteiger partial charge in [0.15, 0.2) is 17.8 Å². The number of nitrogens with zero attached hydrogens (tertiary/aromatic N) is 1. The fourth-order valence-corrected chi connectivity index (χ4v) is 4.13. The first-order valence-corrected chi connectivity index (χ1v) is 10.2. The van der Waals surface area contributed by atoms with Gasteiger partial charge in [-0.2, -0.15) is 0 Å². The van der Waals surface area contributed by atoms with Gasteiger partial charge in [-0.05, 0) is 45.0 Å². The van der Waals surface area contributed by atoms with Gasteiger partial charge in [-0.15, -0.1) is 12.3 Å². The zero-order valence-corrected chi connectivity index (χ0v) is 17.8. The summed E-state index contributed by atoms with van der Waals surface area (Å²) in [7, 11) is 1.53. The molecule has 1 aromatic heterocycles. The first kappa shape index (κ1) is 22.4. The van der Waals surface area contributed by atoms with E-state index in [4.69, 9.17) is 9.47 Å². The lowest BCUT2D eigenvalue weighted by Crippen LogP contribution is -2.43. The number of rotatable bonds is 6. The van der Waals surface area contributed by atoms with Crippen LogP contribution in [-0.4, -0.2) is 61.3 Å². The van der Waals surface area contributed by atoms with Gasteiger partial charge in [0, 0.05) is 23.4 Å². The van der Waals surface area contributed by atoms with Gasteiger partial charge in [-0.1, -0.05) is 0 Å². The number of aromatic nitrogens is 1. The van der Waals surface area contributed by atoms with E-state index in [0.29, 0.717) is 36.5 Å². The van der Waals surface area contributed by atoms with Crippen LogP contribution in [0.15, 0.2) is 18.2 Å². The number of hydrogen-bond donors (Lipinski definition) is 2. The Morgan fingerprint density at radius 1 is 1.23 bits per heavy atom. The maximum absolute atomic E-state index is 12.8. The number of benzene rings is 1. The number of H-pyrrole nitrogens is 1. The predicted octanol–water partition coefficient (Wildman–Crippen LogP) is 2.14. The van der Waals surface area contributed by atoms with Gasteiger partial charge in [0.25, 0.3) is 0 Å². The van der Waals surface area contributed by atoms with E-state index in [9.17, 15) is 14.4 Å². The van der Waals surface area contributed by atoms with Crippen molar-refractivity contribution in [3.05, 3.63) is 23.9 Å². The highest BCUT2D eigenvalue weighted by atomic mass is 16.5. The van der Waals surface area contributed by atoms with Crippen LogP contribution in [0.4, 0.5) is 0 Å². The number of imide groups is 1. The van der Waals surface area contributed by atoms with Crippen molar-refractivity contribution in [3.8, 4) is 23.8 Å². The highest BCUT2D eigenvalue weighted by molar-refractivity contribution is 6.06. The molecule has 1 aromatic carbocycles. The molecule has 3 heterocycles. The Morgan fingerprint density at radius 2 is 1.94 bits per heavy atom.